The third-order valence-electron chi connectivity index (χ3n) is 3.45. The van der Waals surface area contributed by atoms with Gasteiger partial charge in [-0.2, -0.15) is 18.2 Å². The van der Waals surface area contributed by atoms with Crippen molar-refractivity contribution in [2.45, 2.75) is 12.7 Å². The zero-order chi connectivity index (χ0) is 17.9. The molecule has 0 saturated heterocycles. The van der Waals surface area contributed by atoms with Crippen molar-refractivity contribution in [2.75, 3.05) is 12.4 Å². The molecule has 0 amide bonds. The highest BCUT2D eigenvalue weighted by Gasteiger charge is 2.30. The van der Waals surface area contributed by atoms with Crippen LogP contribution in [-0.4, -0.2) is 17.3 Å². The maximum Gasteiger partial charge on any atom is 0.416 e. The van der Waals surface area contributed by atoms with Crippen molar-refractivity contribution in [3.63, 3.8) is 0 Å². The molecule has 0 atom stereocenters. The van der Waals surface area contributed by atoms with Crippen LogP contribution < -0.4 is 10.1 Å². The van der Waals surface area contributed by atoms with E-state index in [4.69, 9.17) is 9.26 Å². The van der Waals surface area contributed by atoms with E-state index in [1.54, 1.807) is 31.4 Å². The monoisotopic (exact) mass is 349 g/mol. The molecule has 25 heavy (non-hydrogen) atoms. The molecule has 3 rings (SSSR count). The largest absolute Gasteiger partial charge is 0.497 e. The molecule has 1 aromatic heterocycles. The van der Waals surface area contributed by atoms with Gasteiger partial charge in [-0.05, 0) is 42.5 Å². The van der Waals surface area contributed by atoms with Gasteiger partial charge in [0.2, 0.25) is 11.7 Å². The number of alkyl halides is 3. The molecule has 0 bridgehead atoms. The number of halogens is 3. The summed E-state index contributed by atoms with van der Waals surface area (Å²) in [4.78, 5) is 4.22. The topological polar surface area (TPSA) is 60.2 Å². The second-order valence-corrected chi connectivity index (χ2v) is 5.17. The van der Waals surface area contributed by atoms with Gasteiger partial charge in [-0.25, -0.2) is 0 Å². The van der Waals surface area contributed by atoms with E-state index in [0.29, 0.717) is 17.3 Å². The van der Waals surface area contributed by atoms with Gasteiger partial charge in [0, 0.05) is 11.3 Å². The molecule has 5 nitrogen and oxygen atoms in total. The van der Waals surface area contributed by atoms with Gasteiger partial charge in [-0.1, -0.05) is 11.2 Å². The van der Waals surface area contributed by atoms with Gasteiger partial charge in [0.15, 0.2) is 0 Å². The minimum absolute atomic E-state index is 0.116. The first-order chi connectivity index (χ1) is 12.0. The van der Waals surface area contributed by atoms with Crippen molar-refractivity contribution in [1.29, 1.82) is 0 Å². The smallest absolute Gasteiger partial charge is 0.416 e. The Morgan fingerprint density at radius 2 is 1.88 bits per heavy atom. The van der Waals surface area contributed by atoms with Crippen molar-refractivity contribution in [3.8, 4) is 17.1 Å². The number of methoxy groups -OCH3 is 1. The Balaban J connectivity index is 1.67. The minimum Gasteiger partial charge on any atom is -0.497 e. The van der Waals surface area contributed by atoms with Crippen molar-refractivity contribution < 1.29 is 22.4 Å². The molecule has 3 aromatic rings. The van der Waals surface area contributed by atoms with E-state index < -0.39 is 11.7 Å². The molecule has 0 fully saturated rings. The van der Waals surface area contributed by atoms with Crippen molar-refractivity contribution in [1.82, 2.24) is 10.1 Å². The maximum atomic E-state index is 12.7. The summed E-state index contributed by atoms with van der Waals surface area (Å²) in [6.07, 6.45) is -4.39. The summed E-state index contributed by atoms with van der Waals surface area (Å²) in [5.74, 6) is 1.37. The number of nitrogens with one attached hydrogen (secondary N) is 1. The summed E-state index contributed by atoms with van der Waals surface area (Å²) < 4.78 is 48.3. The van der Waals surface area contributed by atoms with E-state index >= 15 is 0 Å². The third kappa shape index (κ3) is 4.09. The van der Waals surface area contributed by atoms with Gasteiger partial charge in [0.25, 0.3) is 0 Å². The van der Waals surface area contributed by atoms with Crippen molar-refractivity contribution >= 4 is 5.69 Å². The molecular weight excluding hydrogens is 335 g/mol. The lowest BCUT2D eigenvalue weighted by molar-refractivity contribution is -0.137. The van der Waals surface area contributed by atoms with Crippen LogP contribution in [-0.2, 0) is 12.7 Å². The van der Waals surface area contributed by atoms with Gasteiger partial charge < -0.3 is 14.6 Å². The Kier molecular flexibility index (Phi) is 4.60. The standard InChI is InChI=1S/C17H14F3N3O2/c1-24-14-7-5-11(6-8-14)16-22-15(25-23-16)10-21-13-4-2-3-12(9-13)17(18,19)20/h2-9,21H,10H2,1H3. The average molecular weight is 349 g/mol. The van der Waals surface area contributed by atoms with Crippen molar-refractivity contribution in [2.24, 2.45) is 0 Å². The van der Waals surface area contributed by atoms with E-state index in [0.717, 1.165) is 17.7 Å². The summed E-state index contributed by atoms with van der Waals surface area (Å²) in [7, 11) is 1.57. The lowest BCUT2D eigenvalue weighted by atomic mass is 10.2. The average Bonchev–Trinajstić information content (AvgIpc) is 3.08. The SMILES string of the molecule is COc1ccc(-c2noc(CNc3cccc(C(F)(F)F)c3)n2)cc1. The molecule has 1 N–H and O–H groups in total. The highest BCUT2D eigenvalue weighted by molar-refractivity contribution is 5.55. The Labute approximate surface area is 141 Å². The quantitative estimate of drug-likeness (QED) is 0.741. The number of benzene rings is 2. The number of nitrogens with zero attached hydrogens (tertiary/aromatic N) is 2. The van der Waals surface area contributed by atoms with E-state index in [-0.39, 0.29) is 12.4 Å². The fraction of sp³-hybridized carbons (Fsp3) is 0.176. The predicted molar refractivity (Wildman–Crippen MR) is 85.1 cm³/mol. The minimum atomic E-state index is -4.39. The molecule has 0 saturated carbocycles. The van der Waals surface area contributed by atoms with Crippen LogP contribution in [0.5, 0.6) is 5.75 Å². The van der Waals surface area contributed by atoms with Gasteiger partial charge in [0.1, 0.15) is 5.75 Å². The lowest BCUT2D eigenvalue weighted by Gasteiger charge is -2.09. The molecule has 0 aliphatic carbocycles. The summed E-state index contributed by atoms with van der Waals surface area (Å²) in [6, 6.07) is 12.0. The molecule has 0 aliphatic heterocycles. The second kappa shape index (κ2) is 6.84. The Bertz CT molecular complexity index is 845. The van der Waals surface area contributed by atoms with Gasteiger partial charge in [0.05, 0.1) is 19.2 Å². The molecule has 8 heteroatoms. The molecule has 0 aliphatic rings. The van der Waals surface area contributed by atoms with E-state index in [1.165, 1.54) is 12.1 Å². The van der Waals surface area contributed by atoms with Crippen LogP contribution in [0, 0.1) is 0 Å². The van der Waals surface area contributed by atoms with Crippen LogP contribution in [0.3, 0.4) is 0 Å². The first-order valence-electron chi connectivity index (χ1n) is 7.34. The lowest BCUT2D eigenvalue weighted by Crippen LogP contribution is -2.06. The molecular formula is C17H14F3N3O2. The molecule has 0 unspecified atom stereocenters. The van der Waals surface area contributed by atoms with Crippen molar-refractivity contribution in [3.05, 3.63) is 60.0 Å². The first kappa shape index (κ1) is 16.8. The fourth-order valence-corrected chi connectivity index (χ4v) is 2.17. The second-order valence-electron chi connectivity index (χ2n) is 5.17. The Morgan fingerprint density at radius 1 is 1.12 bits per heavy atom. The third-order valence-corrected chi connectivity index (χ3v) is 3.45. The zero-order valence-electron chi connectivity index (χ0n) is 13.2. The number of hydrogen-bond donors (Lipinski definition) is 1. The summed E-state index contributed by atoms with van der Waals surface area (Å²) in [6.45, 7) is 0.116. The Morgan fingerprint density at radius 3 is 2.56 bits per heavy atom. The van der Waals surface area contributed by atoms with E-state index in [9.17, 15) is 13.2 Å². The fourth-order valence-electron chi connectivity index (χ4n) is 2.17. The van der Waals surface area contributed by atoms with Gasteiger partial charge >= 0.3 is 6.18 Å². The highest BCUT2D eigenvalue weighted by Crippen LogP contribution is 2.30. The molecule has 2 aromatic carbocycles. The van der Waals surface area contributed by atoms with Crippen LogP contribution in [0.4, 0.5) is 18.9 Å². The molecule has 0 radical (unpaired) electrons. The number of anilines is 1. The van der Waals surface area contributed by atoms with Crippen LogP contribution in [0.15, 0.2) is 53.1 Å². The zero-order valence-corrected chi connectivity index (χ0v) is 13.2. The summed E-state index contributed by atoms with van der Waals surface area (Å²) >= 11 is 0. The number of rotatable bonds is 5. The van der Waals surface area contributed by atoms with Crippen LogP contribution in [0.2, 0.25) is 0 Å². The highest BCUT2D eigenvalue weighted by atomic mass is 19.4. The number of hydrogen-bond acceptors (Lipinski definition) is 5. The normalized spacial score (nSPS) is 11.4. The summed E-state index contributed by atoms with van der Waals surface area (Å²) in [5, 5.41) is 6.70. The van der Waals surface area contributed by atoms with Crippen LogP contribution in [0.1, 0.15) is 11.5 Å². The number of aromatic nitrogens is 2. The maximum absolute atomic E-state index is 12.7. The Hall–Kier alpha value is -3.03. The van der Waals surface area contributed by atoms with Gasteiger partial charge in [-0.3, -0.25) is 0 Å². The van der Waals surface area contributed by atoms with Gasteiger partial charge in [-0.15, -0.1) is 0 Å². The molecule has 1 heterocycles. The van der Waals surface area contributed by atoms with Crippen LogP contribution >= 0.6 is 0 Å². The number of ether oxygens (including phenoxy) is 1. The van der Waals surface area contributed by atoms with E-state index in [1.807, 2.05) is 0 Å². The molecule has 0 spiro atoms. The van der Waals surface area contributed by atoms with Crippen LogP contribution in [0.25, 0.3) is 11.4 Å². The summed E-state index contributed by atoms with van der Waals surface area (Å²) in [5.41, 5.74) is 0.343. The first-order valence-corrected chi connectivity index (χ1v) is 7.34. The predicted octanol–water partition coefficient (Wildman–Crippen LogP) is 4.38. The van der Waals surface area contributed by atoms with E-state index in [2.05, 4.69) is 15.5 Å². The molecule has 130 valence electrons.